The van der Waals surface area contributed by atoms with E-state index in [-0.39, 0.29) is 0 Å². The van der Waals surface area contributed by atoms with Gasteiger partial charge in [-0.25, -0.2) is 4.98 Å². The third-order valence-corrected chi connectivity index (χ3v) is 4.13. The van der Waals surface area contributed by atoms with Crippen LogP contribution in [0.5, 0.6) is 0 Å². The zero-order valence-corrected chi connectivity index (χ0v) is 12.1. The SMILES string of the molecule is COCCN(Cc1csc(C)n1)CC1CCCN1. The Morgan fingerprint density at radius 2 is 2.50 bits per heavy atom. The summed E-state index contributed by atoms with van der Waals surface area (Å²) in [6.45, 7) is 7.03. The summed E-state index contributed by atoms with van der Waals surface area (Å²) in [6.07, 6.45) is 2.60. The predicted molar refractivity (Wildman–Crippen MR) is 75.0 cm³/mol. The molecule has 2 heterocycles. The number of rotatable bonds is 7. The van der Waals surface area contributed by atoms with Crippen LogP contribution in [-0.4, -0.2) is 49.3 Å². The highest BCUT2D eigenvalue weighted by molar-refractivity contribution is 7.09. The lowest BCUT2D eigenvalue weighted by Crippen LogP contribution is -2.38. The predicted octanol–water partition coefficient (Wildman–Crippen LogP) is 1.65. The molecule has 4 nitrogen and oxygen atoms in total. The number of hydrogen-bond acceptors (Lipinski definition) is 5. The molecule has 0 aliphatic carbocycles. The summed E-state index contributed by atoms with van der Waals surface area (Å²) in [6, 6.07) is 0.640. The highest BCUT2D eigenvalue weighted by Crippen LogP contribution is 2.13. The quantitative estimate of drug-likeness (QED) is 0.817. The first-order valence-corrected chi connectivity index (χ1v) is 7.51. The number of nitrogens with zero attached hydrogens (tertiary/aromatic N) is 2. The van der Waals surface area contributed by atoms with Gasteiger partial charge in [0.15, 0.2) is 0 Å². The van der Waals surface area contributed by atoms with Crippen LogP contribution >= 0.6 is 11.3 Å². The molecule has 1 aliphatic heterocycles. The highest BCUT2D eigenvalue weighted by atomic mass is 32.1. The lowest BCUT2D eigenvalue weighted by molar-refractivity contribution is 0.137. The van der Waals surface area contributed by atoms with Crippen LogP contribution in [0.25, 0.3) is 0 Å². The topological polar surface area (TPSA) is 37.4 Å². The zero-order valence-electron chi connectivity index (χ0n) is 11.3. The van der Waals surface area contributed by atoms with Crippen molar-refractivity contribution in [3.05, 3.63) is 16.1 Å². The third kappa shape index (κ3) is 4.31. The molecule has 18 heavy (non-hydrogen) atoms. The fraction of sp³-hybridized carbons (Fsp3) is 0.769. The summed E-state index contributed by atoms with van der Waals surface area (Å²) < 4.78 is 5.20. The van der Waals surface area contributed by atoms with E-state index in [1.807, 2.05) is 0 Å². The van der Waals surface area contributed by atoms with Crippen molar-refractivity contribution in [2.45, 2.75) is 32.4 Å². The molecule has 0 amide bonds. The van der Waals surface area contributed by atoms with E-state index in [1.165, 1.54) is 25.1 Å². The molecule has 0 aromatic carbocycles. The normalized spacial score (nSPS) is 19.8. The van der Waals surface area contributed by atoms with Crippen LogP contribution in [-0.2, 0) is 11.3 Å². The standard InChI is InChI=1S/C13H23N3OS/c1-11-15-13(10-18-11)9-16(6-7-17-2)8-12-4-3-5-14-12/h10,12,14H,3-9H2,1-2H3. The summed E-state index contributed by atoms with van der Waals surface area (Å²) in [7, 11) is 1.76. The number of thiazole rings is 1. The number of ether oxygens (including phenoxy) is 1. The fourth-order valence-electron chi connectivity index (χ4n) is 2.39. The van der Waals surface area contributed by atoms with Gasteiger partial charge in [-0.1, -0.05) is 0 Å². The number of nitrogens with one attached hydrogen (secondary N) is 1. The average molecular weight is 269 g/mol. The summed E-state index contributed by atoms with van der Waals surface area (Å²) >= 11 is 1.73. The molecule has 1 fully saturated rings. The first kappa shape index (κ1) is 13.9. The molecule has 2 rings (SSSR count). The molecule has 1 saturated heterocycles. The van der Waals surface area contributed by atoms with Gasteiger partial charge in [-0.3, -0.25) is 4.90 Å². The van der Waals surface area contributed by atoms with E-state index >= 15 is 0 Å². The fourth-order valence-corrected chi connectivity index (χ4v) is 2.99. The van der Waals surface area contributed by atoms with E-state index in [0.29, 0.717) is 6.04 Å². The Hall–Kier alpha value is -0.490. The van der Waals surface area contributed by atoms with Crippen LogP contribution < -0.4 is 5.32 Å². The van der Waals surface area contributed by atoms with Gasteiger partial charge in [0.05, 0.1) is 17.3 Å². The van der Waals surface area contributed by atoms with Crippen molar-refractivity contribution in [2.75, 3.05) is 33.4 Å². The lowest BCUT2D eigenvalue weighted by atomic mass is 10.2. The Balaban J connectivity index is 1.86. The van der Waals surface area contributed by atoms with E-state index in [1.54, 1.807) is 18.4 Å². The lowest BCUT2D eigenvalue weighted by Gasteiger charge is -2.24. The Bertz CT molecular complexity index is 350. The second-order valence-corrected chi connectivity index (χ2v) is 5.94. The second-order valence-electron chi connectivity index (χ2n) is 4.88. The molecular weight excluding hydrogens is 246 g/mol. The summed E-state index contributed by atoms with van der Waals surface area (Å²) in [5, 5.41) is 6.87. The Labute approximate surface area is 113 Å². The molecule has 1 aliphatic rings. The van der Waals surface area contributed by atoms with E-state index in [0.717, 1.165) is 31.2 Å². The number of aromatic nitrogens is 1. The smallest absolute Gasteiger partial charge is 0.0897 e. The van der Waals surface area contributed by atoms with Gasteiger partial charge >= 0.3 is 0 Å². The van der Waals surface area contributed by atoms with E-state index in [9.17, 15) is 0 Å². The highest BCUT2D eigenvalue weighted by Gasteiger charge is 2.18. The monoisotopic (exact) mass is 269 g/mol. The molecule has 5 heteroatoms. The number of methoxy groups -OCH3 is 1. The van der Waals surface area contributed by atoms with E-state index in [4.69, 9.17) is 4.74 Å². The first-order chi connectivity index (χ1) is 8.78. The van der Waals surface area contributed by atoms with Gasteiger partial charge in [0.1, 0.15) is 0 Å². The minimum absolute atomic E-state index is 0.640. The first-order valence-electron chi connectivity index (χ1n) is 6.63. The third-order valence-electron chi connectivity index (χ3n) is 3.30. The zero-order chi connectivity index (χ0) is 12.8. The molecule has 1 aromatic rings. The van der Waals surface area contributed by atoms with Crippen LogP contribution in [0.15, 0.2) is 5.38 Å². The molecule has 1 aromatic heterocycles. The van der Waals surface area contributed by atoms with Crippen LogP contribution in [0.2, 0.25) is 0 Å². The van der Waals surface area contributed by atoms with Gasteiger partial charge in [-0.15, -0.1) is 11.3 Å². The van der Waals surface area contributed by atoms with Gasteiger partial charge < -0.3 is 10.1 Å². The van der Waals surface area contributed by atoms with Crippen molar-refractivity contribution in [3.63, 3.8) is 0 Å². The second kappa shape index (κ2) is 7.19. The van der Waals surface area contributed by atoms with E-state index in [2.05, 4.69) is 27.5 Å². The van der Waals surface area contributed by atoms with Crippen molar-refractivity contribution in [2.24, 2.45) is 0 Å². The van der Waals surface area contributed by atoms with Crippen molar-refractivity contribution in [1.82, 2.24) is 15.2 Å². The van der Waals surface area contributed by atoms with Gasteiger partial charge in [0.25, 0.3) is 0 Å². The van der Waals surface area contributed by atoms with Gasteiger partial charge in [-0.2, -0.15) is 0 Å². The minimum Gasteiger partial charge on any atom is -0.383 e. The van der Waals surface area contributed by atoms with Gasteiger partial charge in [-0.05, 0) is 26.3 Å². The van der Waals surface area contributed by atoms with Crippen molar-refractivity contribution >= 4 is 11.3 Å². The van der Waals surface area contributed by atoms with Crippen LogP contribution in [0.3, 0.4) is 0 Å². The molecule has 0 bridgehead atoms. The minimum atomic E-state index is 0.640. The van der Waals surface area contributed by atoms with Crippen LogP contribution in [0.4, 0.5) is 0 Å². The Morgan fingerprint density at radius 3 is 3.11 bits per heavy atom. The number of hydrogen-bond donors (Lipinski definition) is 1. The molecule has 102 valence electrons. The van der Waals surface area contributed by atoms with Crippen LogP contribution in [0.1, 0.15) is 23.5 Å². The molecule has 1 unspecified atom stereocenters. The molecule has 1 atom stereocenters. The Kier molecular flexibility index (Phi) is 5.56. The maximum absolute atomic E-state index is 5.20. The number of aryl methyl sites for hydroxylation is 1. The van der Waals surface area contributed by atoms with Gasteiger partial charge in [0, 0.05) is 38.2 Å². The molecule has 0 radical (unpaired) electrons. The molecule has 1 N–H and O–H groups in total. The molecular formula is C13H23N3OS. The summed E-state index contributed by atoms with van der Waals surface area (Å²) in [4.78, 5) is 6.99. The van der Waals surface area contributed by atoms with Gasteiger partial charge in [0.2, 0.25) is 0 Å². The van der Waals surface area contributed by atoms with E-state index < -0.39 is 0 Å². The van der Waals surface area contributed by atoms with Crippen molar-refractivity contribution in [1.29, 1.82) is 0 Å². The average Bonchev–Trinajstić information content (AvgIpc) is 2.98. The maximum Gasteiger partial charge on any atom is 0.0897 e. The Morgan fingerprint density at radius 1 is 1.61 bits per heavy atom. The molecule has 0 spiro atoms. The summed E-state index contributed by atoms with van der Waals surface area (Å²) in [5.41, 5.74) is 1.19. The maximum atomic E-state index is 5.20. The van der Waals surface area contributed by atoms with Crippen LogP contribution in [0, 0.1) is 6.92 Å². The largest absolute Gasteiger partial charge is 0.383 e. The van der Waals surface area contributed by atoms with Crippen molar-refractivity contribution < 1.29 is 4.74 Å². The van der Waals surface area contributed by atoms with Crippen molar-refractivity contribution in [3.8, 4) is 0 Å². The molecule has 0 saturated carbocycles. The summed E-state index contributed by atoms with van der Waals surface area (Å²) in [5.74, 6) is 0.